The van der Waals surface area contributed by atoms with E-state index in [-0.39, 0.29) is 18.1 Å². The van der Waals surface area contributed by atoms with Crippen molar-refractivity contribution in [1.82, 2.24) is 5.32 Å². The molecule has 1 heterocycles. The van der Waals surface area contributed by atoms with Crippen molar-refractivity contribution in [3.63, 3.8) is 0 Å². The van der Waals surface area contributed by atoms with Crippen LogP contribution in [0.15, 0.2) is 46.9 Å². The Morgan fingerprint density at radius 1 is 1.14 bits per heavy atom. The van der Waals surface area contributed by atoms with Gasteiger partial charge < -0.3 is 14.5 Å². The van der Waals surface area contributed by atoms with Crippen LogP contribution in [0.2, 0.25) is 0 Å². The molecule has 0 unspecified atom stereocenters. The lowest BCUT2D eigenvalue weighted by atomic mass is 10.1. The molecule has 6 nitrogen and oxygen atoms in total. The van der Waals surface area contributed by atoms with Crippen LogP contribution in [0.3, 0.4) is 0 Å². The molecule has 1 aromatic heterocycles. The van der Waals surface area contributed by atoms with Gasteiger partial charge in [0.15, 0.2) is 15.6 Å². The van der Waals surface area contributed by atoms with Crippen molar-refractivity contribution < 1.29 is 22.4 Å². The van der Waals surface area contributed by atoms with Crippen molar-refractivity contribution in [2.24, 2.45) is 0 Å². The second kappa shape index (κ2) is 7.91. The van der Waals surface area contributed by atoms with Crippen LogP contribution in [0.4, 0.5) is 0 Å². The highest BCUT2D eigenvalue weighted by Gasteiger charge is 2.23. The highest BCUT2D eigenvalue weighted by Crippen LogP contribution is 2.28. The highest BCUT2D eigenvalue weighted by atomic mass is 32.2. The molecule has 7 heteroatoms. The van der Waals surface area contributed by atoms with E-state index in [1.54, 1.807) is 24.3 Å². The van der Waals surface area contributed by atoms with Gasteiger partial charge in [-0.1, -0.05) is 24.3 Å². The van der Waals surface area contributed by atoms with Gasteiger partial charge in [-0.15, -0.1) is 0 Å². The minimum absolute atomic E-state index is 0.0363. The molecule has 0 bridgehead atoms. The zero-order chi connectivity index (χ0) is 20.4. The van der Waals surface area contributed by atoms with Gasteiger partial charge in [0.2, 0.25) is 0 Å². The largest absolute Gasteiger partial charge is 0.492 e. The lowest BCUT2D eigenvalue weighted by molar-refractivity contribution is 0.0920. The Balaban J connectivity index is 1.42. The number of ether oxygens (including phenoxy) is 1. The van der Waals surface area contributed by atoms with E-state index < -0.39 is 15.7 Å². The third-order valence-corrected chi connectivity index (χ3v) is 5.85. The normalized spacial score (nSPS) is 13.4. The summed E-state index contributed by atoms with van der Waals surface area (Å²) in [5.74, 6) is 0.131. The summed E-state index contributed by atoms with van der Waals surface area (Å²) >= 11 is 0. The van der Waals surface area contributed by atoms with Gasteiger partial charge in [-0.2, -0.15) is 0 Å². The van der Waals surface area contributed by atoms with E-state index in [0.717, 1.165) is 24.8 Å². The lowest BCUT2D eigenvalue weighted by Gasteiger charge is -2.09. The standard InChI is InChI=1S/C22H23NO5S/c1-29(25,26)14-19-18-7-2-3-8-20(18)28-21(19)22(24)23-11-12-27-17-10-9-15-5-4-6-16(15)13-17/h2-3,7-10,13H,4-6,11-12,14H2,1H3,(H,23,24). The number of amides is 1. The lowest BCUT2D eigenvalue weighted by Crippen LogP contribution is -2.28. The highest BCUT2D eigenvalue weighted by molar-refractivity contribution is 7.89. The van der Waals surface area contributed by atoms with Gasteiger partial charge in [-0.25, -0.2) is 8.42 Å². The first-order valence-corrected chi connectivity index (χ1v) is 11.7. The van der Waals surface area contributed by atoms with Crippen LogP contribution < -0.4 is 10.1 Å². The number of hydrogen-bond donors (Lipinski definition) is 1. The molecule has 0 aliphatic heterocycles. The number of para-hydroxylation sites is 1. The van der Waals surface area contributed by atoms with Crippen molar-refractivity contribution in [2.45, 2.75) is 25.0 Å². The van der Waals surface area contributed by atoms with Crippen molar-refractivity contribution in [1.29, 1.82) is 0 Å². The third-order valence-electron chi connectivity index (χ3n) is 5.04. The Kier molecular flexibility index (Phi) is 5.32. The summed E-state index contributed by atoms with van der Waals surface area (Å²) in [6.45, 7) is 0.595. The van der Waals surface area contributed by atoms with Crippen molar-refractivity contribution in [3.05, 3.63) is 64.9 Å². The fourth-order valence-corrected chi connectivity index (χ4v) is 4.55. The van der Waals surface area contributed by atoms with Crippen molar-refractivity contribution in [2.75, 3.05) is 19.4 Å². The Hall–Kier alpha value is -2.80. The number of carbonyl (C=O) groups excluding carboxylic acids is 1. The molecular weight excluding hydrogens is 390 g/mol. The smallest absolute Gasteiger partial charge is 0.287 e. The molecule has 2 aromatic carbocycles. The number of furan rings is 1. The number of rotatable bonds is 7. The zero-order valence-corrected chi connectivity index (χ0v) is 17.1. The van der Waals surface area contributed by atoms with Gasteiger partial charge in [0, 0.05) is 17.2 Å². The van der Waals surface area contributed by atoms with Gasteiger partial charge in [0.1, 0.15) is 17.9 Å². The van der Waals surface area contributed by atoms with Crippen LogP contribution in [0.25, 0.3) is 11.0 Å². The predicted molar refractivity (Wildman–Crippen MR) is 111 cm³/mol. The SMILES string of the molecule is CS(=O)(=O)Cc1c(C(=O)NCCOc2ccc3c(c2)CCC3)oc2ccccc12. The Morgan fingerprint density at radius 2 is 1.93 bits per heavy atom. The number of nitrogens with one attached hydrogen (secondary N) is 1. The molecule has 1 aliphatic rings. The predicted octanol–water partition coefficient (Wildman–Crippen LogP) is 3.27. The summed E-state index contributed by atoms with van der Waals surface area (Å²) in [4.78, 5) is 12.6. The number of carbonyl (C=O) groups is 1. The summed E-state index contributed by atoms with van der Waals surface area (Å²) in [7, 11) is -3.33. The van der Waals surface area contributed by atoms with E-state index in [1.807, 2.05) is 6.07 Å². The molecule has 1 aliphatic carbocycles. The Labute approximate surface area is 169 Å². The summed E-state index contributed by atoms with van der Waals surface area (Å²) in [5, 5.41) is 3.39. The van der Waals surface area contributed by atoms with E-state index in [4.69, 9.17) is 9.15 Å². The summed E-state index contributed by atoms with van der Waals surface area (Å²) < 4.78 is 35.0. The molecule has 152 valence electrons. The average molecular weight is 413 g/mol. The quantitative estimate of drug-likeness (QED) is 0.601. The van der Waals surface area contributed by atoms with E-state index in [2.05, 4.69) is 17.4 Å². The topological polar surface area (TPSA) is 85.6 Å². The van der Waals surface area contributed by atoms with E-state index >= 15 is 0 Å². The number of benzene rings is 2. The first-order chi connectivity index (χ1) is 13.9. The van der Waals surface area contributed by atoms with Gasteiger partial charge >= 0.3 is 0 Å². The Bertz CT molecular complexity index is 1160. The molecule has 4 rings (SSSR count). The number of sulfone groups is 1. The molecule has 0 spiro atoms. The van der Waals surface area contributed by atoms with E-state index in [9.17, 15) is 13.2 Å². The van der Waals surface area contributed by atoms with Crippen LogP contribution in [0.1, 0.15) is 33.7 Å². The third kappa shape index (κ3) is 4.45. The molecule has 0 saturated heterocycles. The van der Waals surface area contributed by atoms with Gasteiger partial charge in [0.05, 0.1) is 12.3 Å². The molecule has 29 heavy (non-hydrogen) atoms. The molecular formula is C22H23NO5S. The summed E-state index contributed by atoms with van der Waals surface area (Å²) in [6.07, 6.45) is 4.53. The number of fused-ring (bicyclic) bond motifs is 2. The number of aryl methyl sites for hydroxylation is 2. The van der Waals surface area contributed by atoms with Gasteiger partial charge in [-0.05, 0) is 48.6 Å². The summed E-state index contributed by atoms with van der Waals surface area (Å²) in [5.41, 5.74) is 3.60. The maximum absolute atomic E-state index is 12.6. The first-order valence-electron chi connectivity index (χ1n) is 9.62. The van der Waals surface area contributed by atoms with Crippen molar-refractivity contribution in [3.8, 4) is 5.75 Å². The molecule has 3 aromatic rings. The zero-order valence-electron chi connectivity index (χ0n) is 16.2. The average Bonchev–Trinajstić information content (AvgIpc) is 3.28. The van der Waals surface area contributed by atoms with Crippen LogP contribution >= 0.6 is 0 Å². The van der Waals surface area contributed by atoms with Crippen molar-refractivity contribution >= 4 is 26.7 Å². The molecule has 0 fully saturated rings. The van der Waals surface area contributed by atoms with Crippen LogP contribution in [-0.2, 0) is 28.4 Å². The maximum Gasteiger partial charge on any atom is 0.287 e. The fraction of sp³-hybridized carbons (Fsp3) is 0.318. The molecule has 1 amide bonds. The van der Waals surface area contributed by atoms with Crippen LogP contribution in [-0.4, -0.2) is 33.7 Å². The molecule has 1 N–H and O–H groups in total. The van der Waals surface area contributed by atoms with Crippen LogP contribution in [0.5, 0.6) is 5.75 Å². The Morgan fingerprint density at radius 3 is 2.76 bits per heavy atom. The molecule has 0 saturated carbocycles. The summed E-state index contributed by atoms with van der Waals surface area (Å²) in [6, 6.07) is 13.2. The van der Waals surface area contributed by atoms with Crippen LogP contribution in [0, 0.1) is 0 Å². The first kappa shape index (κ1) is 19.5. The number of hydrogen-bond acceptors (Lipinski definition) is 5. The van der Waals surface area contributed by atoms with Gasteiger partial charge in [0.25, 0.3) is 5.91 Å². The minimum atomic E-state index is -3.33. The monoisotopic (exact) mass is 413 g/mol. The van der Waals surface area contributed by atoms with Gasteiger partial charge in [-0.3, -0.25) is 4.79 Å². The van der Waals surface area contributed by atoms with E-state index in [0.29, 0.717) is 23.1 Å². The maximum atomic E-state index is 12.6. The molecule has 0 atom stereocenters. The van der Waals surface area contributed by atoms with E-state index in [1.165, 1.54) is 17.5 Å². The second-order valence-corrected chi connectivity index (χ2v) is 9.50. The fourth-order valence-electron chi connectivity index (χ4n) is 3.74. The minimum Gasteiger partial charge on any atom is -0.492 e. The second-order valence-electron chi connectivity index (χ2n) is 7.36. The molecule has 0 radical (unpaired) electrons.